The van der Waals surface area contributed by atoms with Crippen LogP contribution in [0.3, 0.4) is 0 Å². The number of ether oxygens (including phenoxy) is 2. The van der Waals surface area contributed by atoms with Crippen molar-refractivity contribution in [2.75, 3.05) is 0 Å². The Morgan fingerprint density at radius 3 is 1.42 bits per heavy atom. The van der Waals surface area contributed by atoms with Crippen LogP contribution in [0, 0.1) is 0 Å². The van der Waals surface area contributed by atoms with Gasteiger partial charge in [-0.3, -0.25) is 9.59 Å². The number of carboxylic acids is 2. The minimum atomic E-state index is -5.86. The maximum atomic E-state index is 13.2. The van der Waals surface area contributed by atoms with Gasteiger partial charge in [-0.25, -0.2) is 19.2 Å². The summed E-state index contributed by atoms with van der Waals surface area (Å²) in [6.07, 6.45) is -14.5. The average molecular weight is 1220 g/mol. The summed E-state index contributed by atoms with van der Waals surface area (Å²) in [7, 11) is 0. The fourth-order valence-electron chi connectivity index (χ4n) is 8.49. The molecule has 26 heteroatoms. The summed E-state index contributed by atoms with van der Waals surface area (Å²) in [5.41, 5.74) is -1.56. The molecular weight excluding hydrogens is 1180 g/mol. The number of halogens is 10. The zero-order chi connectivity index (χ0) is 61.6. The Balaban J connectivity index is 0.000000182. The molecule has 0 amide bonds. The van der Waals surface area contributed by atoms with Crippen molar-refractivity contribution in [3.8, 4) is 23.0 Å². The van der Waals surface area contributed by atoms with Crippen LogP contribution in [0.25, 0.3) is 32.9 Å². The standard InChI is InChI=1S/C21H15F5O5.C19H13F3O6.C18H12Cl2O5/c1-11(20(22,23)21(24,25)26)30-18(28)13-8-6-12(7-9-13)10-15-17(27)14-4-2-3-5-16(14)31-19(15)29;20-19(21,22)28-11-7-5-10(6-8-11)13(9-15(23)24)16-17(25)12-3-1-2-4-14(12)27-18(16)26;19-12-6-5-9(7-13(12)20)11(8-15(21)22)16-17(23)10-3-1-2-4-14(10)25-18(16)24/h2-9,11,27H,10H2,1H3;1-8,13,25H,9H2,(H,23,24);1-7,11,23H,8H2,(H,21,22). The van der Waals surface area contributed by atoms with Gasteiger partial charge in [-0.15, -0.1) is 13.2 Å². The molecule has 0 fully saturated rings. The summed E-state index contributed by atoms with van der Waals surface area (Å²) in [6.45, 7) is 0.446. The van der Waals surface area contributed by atoms with E-state index in [4.69, 9.17) is 36.5 Å². The van der Waals surface area contributed by atoms with Crippen LogP contribution in [0.15, 0.2) is 167 Å². The van der Waals surface area contributed by atoms with Crippen LogP contribution in [0.4, 0.5) is 35.1 Å². The zero-order valence-electron chi connectivity index (χ0n) is 42.6. The number of alkyl halides is 8. The Morgan fingerprint density at radius 1 is 0.548 bits per heavy atom. The predicted molar refractivity (Wildman–Crippen MR) is 285 cm³/mol. The van der Waals surface area contributed by atoms with E-state index >= 15 is 0 Å². The second kappa shape index (κ2) is 25.4. The van der Waals surface area contributed by atoms with Crippen molar-refractivity contribution in [3.63, 3.8) is 0 Å². The highest BCUT2D eigenvalue weighted by molar-refractivity contribution is 6.42. The molecule has 16 nitrogen and oxygen atoms in total. The van der Waals surface area contributed by atoms with Gasteiger partial charge in [0.05, 0.1) is 61.3 Å². The molecule has 5 N–H and O–H groups in total. The molecule has 9 aromatic rings. The minimum absolute atomic E-state index is 0.0348. The molecule has 0 aliphatic carbocycles. The molecule has 3 atom stereocenters. The first kappa shape index (κ1) is 62.2. The lowest BCUT2D eigenvalue weighted by atomic mass is 9.88. The number of carboxylic acid groups (broad SMARTS) is 2. The molecule has 0 saturated carbocycles. The number of rotatable bonds is 14. The summed E-state index contributed by atoms with van der Waals surface area (Å²) in [5.74, 6) is -12.6. The smallest absolute Gasteiger partial charge is 0.507 e. The fraction of sp³-hybridized carbons (Fsp3) is 0.172. The third-order valence-electron chi connectivity index (χ3n) is 12.6. The second-order valence-electron chi connectivity index (χ2n) is 18.1. The maximum absolute atomic E-state index is 13.2. The number of hydrogen-bond donors (Lipinski definition) is 5. The molecule has 0 saturated heterocycles. The Labute approximate surface area is 475 Å². The first-order chi connectivity index (χ1) is 39.4. The molecule has 3 unspecified atom stereocenters. The van der Waals surface area contributed by atoms with Crippen molar-refractivity contribution in [1.29, 1.82) is 0 Å². The molecule has 6 aromatic carbocycles. The van der Waals surface area contributed by atoms with Gasteiger partial charge in [-0.05, 0) is 96.4 Å². The number of aromatic hydroxyl groups is 3. The van der Waals surface area contributed by atoms with Crippen molar-refractivity contribution in [2.45, 2.75) is 62.6 Å². The van der Waals surface area contributed by atoms with E-state index in [1.165, 1.54) is 54.6 Å². The van der Waals surface area contributed by atoms with E-state index < -0.39 is 95.5 Å². The summed E-state index contributed by atoms with van der Waals surface area (Å²) in [6, 6.07) is 32.9. The van der Waals surface area contributed by atoms with Crippen molar-refractivity contribution in [1.82, 2.24) is 0 Å². The Hall–Kier alpha value is -9.42. The molecule has 9 rings (SSSR count). The van der Waals surface area contributed by atoms with E-state index in [9.17, 15) is 89.4 Å². The van der Waals surface area contributed by atoms with Gasteiger partial charge in [0.25, 0.3) is 0 Å². The highest BCUT2D eigenvalue weighted by atomic mass is 35.5. The maximum Gasteiger partial charge on any atom is 0.573 e. The normalized spacial score (nSPS) is 12.8. The quantitative estimate of drug-likeness (QED) is 0.0385. The lowest BCUT2D eigenvalue weighted by Crippen LogP contribution is -2.47. The van der Waals surface area contributed by atoms with Crippen molar-refractivity contribution < 1.29 is 97.8 Å². The third kappa shape index (κ3) is 14.4. The largest absolute Gasteiger partial charge is 0.573 e. The van der Waals surface area contributed by atoms with Crippen molar-refractivity contribution >= 4 is 74.0 Å². The van der Waals surface area contributed by atoms with Gasteiger partial charge < -0.3 is 48.3 Å². The molecule has 84 heavy (non-hydrogen) atoms. The molecule has 3 aromatic heterocycles. The van der Waals surface area contributed by atoms with E-state index in [0.717, 1.165) is 24.3 Å². The first-order valence-corrected chi connectivity index (χ1v) is 24.9. The number of hydrogen-bond acceptors (Lipinski definition) is 14. The van der Waals surface area contributed by atoms with Gasteiger partial charge in [-0.2, -0.15) is 22.0 Å². The number of benzene rings is 6. The highest BCUT2D eigenvalue weighted by Crippen LogP contribution is 2.41. The molecular formula is C58H40Cl2F8O16. The fourth-order valence-corrected chi connectivity index (χ4v) is 8.79. The summed E-state index contributed by atoms with van der Waals surface area (Å²) < 4.78 is 124. The summed E-state index contributed by atoms with van der Waals surface area (Å²) >= 11 is 11.9. The van der Waals surface area contributed by atoms with Crippen LogP contribution < -0.4 is 21.6 Å². The molecule has 0 radical (unpaired) electrons. The molecule has 3 heterocycles. The topological polar surface area (TPSA) is 261 Å². The van der Waals surface area contributed by atoms with E-state index in [0.29, 0.717) is 33.8 Å². The zero-order valence-corrected chi connectivity index (χ0v) is 44.2. The molecule has 0 spiro atoms. The van der Waals surface area contributed by atoms with Gasteiger partial charge in [-0.1, -0.05) is 89.9 Å². The van der Waals surface area contributed by atoms with Crippen molar-refractivity contribution in [2.24, 2.45) is 0 Å². The molecule has 438 valence electrons. The number of carbonyl (C=O) groups excluding carboxylic acids is 1. The van der Waals surface area contributed by atoms with Crippen LogP contribution in [0.2, 0.25) is 10.0 Å². The first-order valence-electron chi connectivity index (χ1n) is 24.2. The molecule has 0 bridgehead atoms. The van der Waals surface area contributed by atoms with Crippen LogP contribution in [-0.4, -0.2) is 68.0 Å². The van der Waals surface area contributed by atoms with Crippen LogP contribution in [0.1, 0.15) is 75.3 Å². The van der Waals surface area contributed by atoms with E-state index in [1.807, 2.05) is 0 Å². The van der Waals surface area contributed by atoms with Gasteiger partial charge in [0.15, 0.2) is 6.10 Å². The lowest BCUT2D eigenvalue weighted by Gasteiger charge is -2.25. The average Bonchev–Trinajstić information content (AvgIpc) is 2.44. The van der Waals surface area contributed by atoms with Crippen LogP contribution in [-0.2, 0) is 20.7 Å². The number of carbonyl (C=O) groups is 3. The second-order valence-corrected chi connectivity index (χ2v) is 19.0. The van der Waals surface area contributed by atoms with Gasteiger partial charge >= 0.3 is 53.2 Å². The lowest BCUT2D eigenvalue weighted by molar-refractivity contribution is -0.309. The van der Waals surface area contributed by atoms with E-state index in [2.05, 4.69) is 9.47 Å². The van der Waals surface area contributed by atoms with Gasteiger partial charge in [0.1, 0.15) is 39.7 Å². The Kier molecular flexibility index (Phi) is 18.8. The SMILES string of the molecule is CC(OC(=O)c1ccc(Cc2c(O)c3ccccc3oc2=O)cc1)C(F)(F)C(F)(F)F.O=C(O)CC(c1ccc(Cl)c(Cl)c1)c1c(O)c2ccccc2oc1=O.O=C(O)CC(c1ccc(OC(F)(F)F)cc1)c1c(O)c2ccccc2oc1=O. The van der Waals surface area contributed by atoms with Crippen LogP contribution in [0.5, 0.6) is 23.0 Å². The Morgan fingerprint density at radius 2 is 0.976 bits per heavy atom. The van der Waals surface area contributed by atoms with E-state index in [1.54, 1.807) is 60.7 Å². The number of para-hydroxylation sites is 3. The molecule has 0 aliphatic rings. The van der Waals surface area contributed by atoms with E-state index in [-0.39, 0.29) is 72.9 Å². The minimum Gasteiger partial charge on any atom is -0.507 e. The summed E-state index contributed by atoms with van der Waals surface area (Å²) in [5, 5.41) is 51.4. The number of aliphatic carboxylic acids is 2. The summed E-state index contributed by atoms with van der Waals surface area (Å²) in [4.78, 5) is 71.6. The third-order valence-corrected chi connectivity index (χ3v) is 13.3. The molecule has 0 aliphatic heterocycles. The monoisotopic (exact) mass is 1210 g/mol. The highest BCUT2D eigenvalue weighted by Gasteiger charge is 2.62. The van der Waals surface area contributed by atoms with Crippen LogP contribution >= 0.6 is 23.2 Å². The van der Waals surface area contributed by atoms with Crippen molar-refractivity contribution in [3.05, 3.63) is 220 Å². The van der Waals surface area contributed by atoms with Gasteiger partial charge in [0.2, 0.25) is 0 Å². The predicted octanol–water partition coefficient (Wildman–Crippen LogP) is 13.2. The number of esters is 1. The van der Waals surface area contributed by atoms with Gasteiger partial charge in [0, 0.05) is 18.3 Å². The number of fused-ring (bicyclic) bond motifs is 3. The Bertz CT molecular complexity index is 4110.